The molecule has 0 aliphatic rings. The van der Waals surface area contributed by atoms with Gasteiger partial charge in [0.2, 0.25) is 5.95 Å². The first kappa shape index (κ1) is 16.1. The quantitative estimate of drug-likeness (QED) is 0.660. The predicted molar refractivity (Wildman–Crippen MR) is 97.7 cm³/mol. The molecule has 24 heavy (non-hydrogen) atoms. The van der Waals surface area contributed by atoms with Gasteiger partial charge in [-0.05, 0) is 29.5 Å². The van der Waals surface area contributed by atoms with Crippen LogP contribution in [0.3, 0.4) is 0 Å². The fraction of sp³-hybridized carbons (Fsp3) is 0.200. The molecule has 3 nitrogen and oxygen atoms in total. The molecule has 0 unspecified atom stereocenters. The van der Waals surface area contributed by atoms with Crippen molar-refractivity contribution >= 4 is 16.7 Å². The number of hydrogen-bond acceptors (Lipinski definition) is 3. The minimum absolute atomic E-state index is 0.225. The fourth-order valence-corrected chi connectivity index (χ4v) is 2.63. The first-order valence-corrected chi connectivity index (χ1v) is 8.01. The van der Waals surface area contributed by atoms with E-state index in [1.165, 1.54) is 6.07 Å². The van der Waals surface area contributed by atoms with Crippen LogP contribution in [0.4, 0.5) is 10.3 Å². The van der Waals surface area contributed by atoms with E-state index in [4.69, 9.17) is 0 Å². The smallest absolute Gasteiger partial charge is 0.223 e. The lowest BCUT2D eigenvalue weighted by Crippen LogP contribution is -2.06. The number of anilines is 1. The van der Waals surface area contributed by atoms with Gasteiger partial charge in [0, 0.05) is 23.2 Å². The maximum Gasteiger partial charge on any atom is 0.223 e. The maximum absolute atomic E-state index is 14.1. The molecule has 0 spiro atoms. The number of fused-ring (bicyclic) bond motifs is 1. The summed E-state index contributed by atoms with van der Waals surface area (Å²) in [4.78, 5) is 9.16. The predicted octanol–water partition coefficient (Wildman–Crippen LogP) is 5.16. The van der Waals surface area contributed by atoms with Gasteiger partial charge in [-0.2, -0.15) is 0 Å². The van der Waals surface area contributed by atoms with Crippen LogP contribution < -0.4 is 5.32 Å². The highest BCUT2D eigenvalue weighted by atomic mass is 19.1. The van der Waals surface area contributed by atoms with Crippen molar-refractivity contribution in [3.05, 3.63) is 66.6 Å². The van der Waals surface area contributed by atoms with Gasteiger partial charge in [-0.1, -0.05) is 44.2 Å². The van der Waals surface area contributed by atoms with Crippen LogP contribution in [0.1, 0.15) is 25.5 Å². The lowest BCUT2D eigenvalue weighted by Gasteiger charge is -2.13. The van der Waals surface area contributed by atoms with Crippen molar-refractivity contribution in [2.24, 2.45) is 0 Å². The van der Waals surface area contributed by atoms with E-state index in [-0.39, 0.29) is 11.7 Å². The summed E-state index contributed by atoms with van der Waals surface area (Å²) in [6.07, 6.45) is 1.76. The molecule has 3 aromatic rings. The molecule has 0 aliphatic heterocycles. The van der Waals surface area contributed by atoms with Gasteiger partial charge in [0.05, 0.1) is 5.69 Å². The van der Waals surface area contributed by atoms with Gasteiger partial charge in [-0.15, -0.1) is 6.58 Å². The van der Waals surface area contributed by atoms with E-state index in [9.17, 15) is 4.39 Å². The van der Waals surface area contributed by atoms with Crippen molar-refractivity contribution in [1.82, 2.24) is 9.97 Å². The summed E-state index contributed by atoms with van der Waals surface area (Å²) in [5.41, 5.74) is 2.63. The molecule has 4 heteroatoms. The highest BCUT2D eigenvalue weighted by Crippen LogP contribution is 2.31. The number of benzene rings is 2. The van der Waals surface area contributed by atoms with E-state index in [2.05, 4.69) is 35.7 Å². The molecule has 0 saturated carbocycles. The highest BCUT2D eigenvalue weighted by molar-refractivity contribution is 5.96. The van der Waals surface area contributed by atoms with Crippen LogP contribution in [-0.4, -0.2) is 16.5 Å². The molecule has 1 N–H and O–H groups in total. The Labute approximate surface area is 141 Å². The van der Waals surface area contributed by atoms with Crippen LogP contribution in [0.2, 0.25) is 0 Å². The zero-order chi connectivity index (χ0) is 17.1. The second-order valence-electron chi connectivity index (χ2n) is 5.97. The zero-order valence-corrected chi connectivity index (χ0v) is 13.9. The van der Waals surface area contributed by atoms with Crippen molar-refractivity contribution in [2.45, 2.75) is 19.8 Å². The van der Waals surface area contributed by atoms with Gasteiger partial charge in [0.1, 0.15) is 5.82 Å². The Morgan fingerprint density at radius 2 is 1.88 bits per heavy atom. The van der Waals surface area contributed by atoms with E-state index < -0.39 is 0 Å². The maximum atomic E-state index is 14.1. The summed E-state index contributed by atoms with van der Waals surface area (Å²) in [5, 5.41) is 4.59. The van der Waals surface area contributed by atoms with Crippen molar-refractivity contribution in [3.63, 3.8) is 0 Å². The molecule has 2 aromatic carbocycles. The fourth-order valence-electron chi connectivity index (χ4n) is 2.63. The van der Waals surface area contributed by atoms with Gasteiger partial charge in [0.25, 0.3) is 0 Å². The molecule has 0 aliphatic carbocycles. The topological polar surface area (TPSA) is 37.8 Å². The molecule has 0 saturated heterocycles. The number of nitrogens with one attached hydrogen (secondary N) is 1. The SMILES string of the molecule is C=CCNc1nc(-c2ccc(F)c3ccccc23)cc(C(C)C)n1. The Bertz CT molecular complexity index is 887. The van der Waals surface area contributed by atoms with Gasteiger partial charge < -0.3 is 5.32 Å². The van der Waals surface area contributed by atoms with Crippen LogP contribution in [0, 0.1) is 5.82 Å². The van der Waals surface area contributed by atoms with Gasteiger partial charge in [-0.25, -0.2) is 14.4 Å². The lowest BCUT2D eigenvalue weighted by molar-refractivity contribution is 0.640. The zero-order valence-electron chi connectivity index (χ0n) is 13.9. The number of nitrogens with zero attached hydrogens (tertiary/aromatic N) is 2. The van der Waals surface area contributed by atoms with Crippen molar-refractivity contribution < 1.29 is 4.39 Å². The standard InChI is InChI=1S/C20H20FN3/c1-4-11-22-20-23-18(13(2)3)12-19(24-20)16-9-10-17(21)15-8-6-5-7-14(15)16/h4-10,12-13H,1,11H2,2-3H3,(H,22,23,24). The number of hydrogen-bond donors (Lipinski definition) is 1. The van der Waals surface area contributed by atoms with E-state index in [0.29, 0.717) is 17.9 Å². The third-order valence-corrected chi connectivity index (χ3v) is 3.89. The molecule has 0 fully saturated rings. The van der Waals surface area contributed by atoms with E-state index in [0.717, 1.165) is 22.3 Å². The van der Waals surface area contributed by atoms with Crippen LogP contribution in [-0.2, 0) is 0 Å². The van der Waals surface area contributed by atoms with Crippen molar-refractivity contribution in [3.8, 4) is 11.3 Å². The minimum atomic E-state index is -0.225. The second-order valence-corrected chi connectivity index (χ2v) is 5.97. The molecule has 122 valence electrons. The largest absolute Gasteiger partial charge is 0.351 e. The molecular formula is C20H20FN3. The Hall–Kier alpha value is -2.75. The first-order chi connectivity index (χ1) is 11.6. The van der Waals surface area contributed by atoms with Gasteiger partial charge in [0.15, 0.2) is 0 Å². The van der Waals surface area contributed by atoms with Crippen LogP contribution in [0.25, 0.3) is 22.0 Å². The van der Waals surface area contributed by atoms with Gasteiger partial charge in [-0.3, -0.25) is 0 Å². The molecular weight excluding hydrogens is 301 g/mol. The summed E-state index contributed by atoms with van der Waals surface area (Å²) in [7, 11) is 0. The molecule has 0 atom stereocenters. The van der Waals surface area contributed by atoms with E-state index in [1.807, 2.05) is 24.3 Å². The summed E-state index contributed by atoms with van der Waals surface area (Å²) in [6, 6.07) is 12.7. The number of aromatic nitrogens is 2. The summed E-state index contributed by atoms with van der Waals surface area (Å²) < 4.78 is 14.1. The average Bonchev–Trinajstić information content (AvgIpc) is 2.60. The molecule has 0 radical (unpaired) electrons. The summed E-state index contributed by atoms with van der Waals surface area (Å²) in [5.74, 6) is 0.602. The Morgan fingerprint density at radius 3 is 2.58 bits per heavy atom. The second kappa shape index (κ2) is 6.79. The Morgan fingerprint density at radius 1 is 1.12 bits per heavy atom. The van der Waals surface area contributed by atoms with Crippen LogP contribution in [0.15, 0.2) is 55.1 Å². The van der Waals surface area contributed by atoms with Crippen molar-refractivity contribution in [2.75, 3.05) is 11.9 Å². The molecule has 3 rings (SSSR count). The molecule has 1 aromatic heterocycles. The third kappa shape index (κ3) is 3.13. The molecule has 0 amide bonds. The average molecular weight is 321 g/mol. The minimum Gasteiger partial charge on any atom is -0.351 e. The van der Waals surface area contributed by atoms with E-state index >= 15 is 0 Å². The number of halogens is 1. The number of rotatable bonds is 5. The lowest BCUT2D eigenvalue weighted by atomic mass is 10.00. The normalized spacial score (nSPS) is 11.0. The van der Waals surface area contributed by atoms with Crippen molar-refractivity contribution in [1.29, 1.82) is 0 Å². The monoisotopic (exact) mass is 321 g/mol. The third-order valence-electron chi connectivity index (χ3n) is 3.89. The van der Waals surface area contributed by atoms with Crippen LogP contribution >= 0.6 is 0 Å². The van der Waals surface area contributed by atoms with Gasteiger partial charge >= 0.3 is 0 Å². The van der Waals surface area contributed by atoms with E-state index in [1.54, 1.807) is 18.2 Å². The molecule has 0 bridgehead atoms. The molecule has 1 heterocycles. The summed E-state index contributed by atoms with van der Waals surface area (Å²) >= 11 is 0. The summed E-state index contributed by atoms with van der Waals surface area (Å²) in [6.45, 7) is 8.47. The highest BCUT2D eigenvalue weighted by Gasteiger charge is 2.13. The van der Waals surface area contributed by atoms with Crippen LogP contribution in [0.5, 0.6) is 0 Å². The Kier molecular flexibility index (Phi) is 4.56. The Balaban J connectivity index is 2.20. The first-order valence-electron chi connectivity index (χ1n) is 8.01.